The molecular weight excluding hydrogens is 192 g/mol. The van der Waals surface area contributed by atoms with Gasteiger partial charge in [-0.1, -0.05) is 20.3 Å². The summed E-state index contributed by atoms with van der Waals surface area (Å²) in [5, 5.41) is 0. The van der Waals surface area contributed by atoms with Gasteiger partial charge < -0.3 is 4.74 Å². The van der Waals surface area contributed by atoms with E-state index in [1.165, 1.54) is 12.8 Å². The van der Waals surface area contributed by atoms with Gasteiger partial charge in [-0.25, -0.2) is 0 Å². The largest absolute Gasteiger partial charge is 0.312 e. The summed E-state index contributed by atoms with van der Waals surface area (Å²) in [6.07, 6.45) is 6.60. The lowest BCUT2D eigenvalue weighted by molar-refractivity contribution is -0.344. The van der Waals surface area contributed by atoms with Crippen molar-refractivity contribution in [3.8, 4) is 0 Å². The summed E-state index contributed by atoms with van der Waals surface area (Å²) in [6, 6.07) is 0. The van der Waals surface area contributed by atoms with Crippen LogP contribution in [0, 0.1) is 11.8 Å². The molecule has 2 spiro atoms. The molecule has 4 atom stereocenters. The van der Waals surface area contributed by atoms with Crippen LogP contribution in [0.4, 0.5) is 0 Å². The van der Waals surface area contributed by atoms with Gasteiger partial charge in [-0.2, -0.15) is 9.78 Å². The highest BCUT2D eigenvalue weighted by molar-refractivity contribution is 5.00. The van der Waals surface area contributed by atoms with Crippen molar-refractivity contribution in [1.82, 2.24) is 0 Å². The van der Waals surface area contributed by atoms with Crippen LogP contribution in [0.1, 0.15) is 52.4 Å². The molecule has 0 aromatic carbocycles. The lowest BCUT2D eigenvalue weighted by Gasteiger charge is -2.32. The third-order valence-electron chi connectivity index (χ3n) is 4.09. The highest BCUT2D eigenvalue weighted by Gasteiger charge is 2.66. The minimum Gasteiger partial charge on any atom is -0.312 e. The van der Waals surface area contributed by atoms with Gasteiger partial charge in [-0.05, 0) is 18.8 Å². The molecule has 0 N–H and O–H groups in total. The van der Waals surface area contributed by atoms with Gasteiger partial charge in [-0.15, -0.1) is 0 Å². The van der Waals surface area contributed by atoms with Gasteiger partial charge in [0, 0.05) is 25.2 Å². The minimum atomic E-state index is -0.401. The van der Waals surface area contributed by atoms with Crippen molar-refractivity contribution < 1.29 is 14.5 Å². The normalized spacial score (nSPS) is 54.0. The summed E-state index contributed by atoms with van der Waals surface area (Å²) in [4.78, 5) is 11.0. The molecule has 2 saturated carbocycles. The molecule has 86 valence electrons. The van der Waals surface area contributed by atoms with Crippen molar-refractivity contribution in [2.45, 2.75) is 63.9 Å². The van der Waals surface area contributed by atoms with Gasteiger partial charge in [0.25, 0.3) is 0 Å². The zero-order valence-corrected chi connectivity index (χ0v) is 9.62. The van der Waals surface area contributed by atoms with E-state index >= 15 is 0 Å². The van der Waals surface area contributed by atoms with E-state index in [4.69, 9.17) is 14.5 Å². The summed E-state index contributed by atoms with van der Waals surface area (Å²) >= 11 is 0. The van der Waals surface area contributed by atoms with Crippen LogP contribution in [0.2, 0.25) is 0 Å². The Labute approximate surface area is 91.0 Å². The summed E-state index contributed by atoms with van der Waals surface area (Å²) in [7, 11) is 0. The molecule has 0 aromatic rings. The van der Waals surface area contributed by atoms with E-state index in [0.29, 0.717) is 11.8 Å². The van der Waals surface area contributed by atoms with Crippen molar-refractivity contribution >= 4 is 0 Å². The molecule has 0 amide bonds. The monoisotopic (exact) mass is 212 g/mol. The van der Waals surface area contributed by atoms with Gasteiger partial charge in [0.15, 0.2) is 0 Å². The average Bonchev–Trinajstić information content (AvgIpc) is 2.78. The van der Waals surface area contributed by atoms with Crippen LogP contribution in [0.15, 0.2) is 0 Å². The second-order valence-corrected chi connectivity index (χ2v) is 5.50. The summed E-state index contributed by atoms with van der Waals surface area (Å²) < 4.78 is 6.12. The molecule has 3 heteroatoms. The smallest absolute Gasteiger partial charge is 0.208 e. The van der Waals surface area contributed by atoms with E-state index in [2.05, 4.69) is 13.8 Å². The third kappa shape index (κ3) is 1.52. The van der Waals surface area contributed by atoms with Crippen molar-refractivity contribution in [2.75, 3.05) is 0 Å². The molecule has 3 aliphatic rings. The minimum absolute atomic E-state index is 0.355. The quantitative estimate of drug-likeness (QED) is 0.625. The fraction of sp³-hybridized carbons (Fsp3) is 1.00. The summed E-state index contributed by atoms with van der Waals surface area (Å²) in [5.74, 6) is 0.485. The van der Waals surface area contributed by atoms with Crippen LogP contribution in [0.3, 0.4) is 0 Å². The molecular formula is C12H20O3. The van der Waals surface area contributed by atoms with E-state index in [1.54, 1.807) is 0 Å². The lowest BCUT2D eigenvalue weighted by atomic mass is 9.86. The highest BCUT2D eigenvalue weighted by atomic mass is 17.3. The second kappa shape index (κ2) is 3.19. The van der Waals surface area contributed by atoms with Crippen LogP contribution in [0.5, 0.6) is 0 Å². The van der Waals surface area contributed by atoms with Gasteiger partial charge in [0.1, 0.15) is 0 Å². The van der Waals surface area contributed by atoms with Crippen LogP contribution in [-0.4, -0.2) is 11.6 Å². The molecule has 3 fully saturated rings. The lowest BCUT2D eigenvalue weighted by Crippen LogP contribution is -2.36. The van der Waals surface area contributed by atoms with Crippen molar-refractivity contribution in [2.24, 2.45) is 11.8 Å². The Morgan fingerprint density at radius 2 is 2.13 bits per heavy atom. The van der Waals surface area contributed by atoms with Gasteiger partial charge in [0.2, 0.25) is 11.6 Å². The second-order valence-electron chi connectivity index (χ2n) is 5.50. The average molecular weight is 212 g/mol. The molecule has 0 bridgehead atoms. The first-order valence-corrected chi connectivity index (χ1v) is 6.25. The molecule has 2 aliphatic carbocycles. The molecule has 1 aliphatic heterocycles. The standard InChI is InChI=1S/C12H20O3/c1-3-10-8-12(10)13-11(14-15-12)6-4-5-9(2)7-11/h9-10H,3-8H2,1-2H3. The summed E-state index contributed by atoms with van der Waals surface area (Å²) in [5.41, 5.74) is 0. The fourth-order valence-corrected chi connectivity index (χ4v) is 3.09. The number of ether oxygens (including phenoxy) is 1. The predicted molar refractivity (Wildman–Crippen MR) is 54.7 cm³/mol. The van der Waals surface area contributed by atoms with E-state index in [-0.39, 0.29) is 5.79 Å². The van der Waals surface area contributed by atoms with Crippen LogP contribution < -0.4 is 0 Å². The van der Waals surface area contributed by atoms with Gasteiger partial charge >= 0.3 is 0 Å². The molecule has 0 aromatic heterocycles. The topological polar surface area (TPSA) is 27.7 Å². The van der Waals surface area contributed by atoms with Crippen LogP contribution in [0.25, 0.3) is 0 Å². The zero-order chi connectivity index (χ0) is 10.5. The van der Waals surface area contributed by atoms with Crippen LogP contribution in [-0.2, 0) is 14.5 Å². The number of hydrogen-bond donors (Lipinski definition) is 0. The Bertz CT molecular complexity index is 268. The van der Waals surface area contributed by atoms with Gasteiger partial charge in [0.05, 0.1) is 0 Å². The molecule has 3 rings (SSSR count). The molecule has 3 nitrogen and oxygen atoms in total. The molecule has 0 radical (unpaired) electrons. The highest BCUT2D eigenvalue weighted by Crippen LogP contribution is 2.59. The Kier molecular flexibility index (Phi) is 2.14. The maximum Gasteiger partial charge on any atom is 0.208 e. The van der Waals surface area contributed by atoms with Crippen molar-refractivity contribution in [3.05, 3.63) is 0 Å². The summed E-state index contributed by atoms with van der Waals surface area (Å²) in [6.45, 7) is 4.45. The van der Waals surface area contributed by atoms with E-state index in [0.717, 1.165) is 25.7 Å². The molecule has 4 unspecified atom stereocenters. The van der Waals surface area contributed by atoms with E-state index in [1.807, 2.05) is 0 Å². The molecule has 15 heavy (non-hydrogen) atoms. The number of rotatable bonds is 1. The van der Waals surface area contributed by atoms with E-state index in [9.17, 15) is 0 Å². The Balaban J connectivity index is 1.70. The third-order valence-corrected chi connectivity index (χ3v) is 4.09. The molecule has 1 heterocycles. The maximum absolute atomic E-state index is 6.12. The van der Waals surface area contributed by atoms with Crippen LogP contribution >= 0.6 is 0 Å². The Morgan fingerprint density at radius 3 is 2.80 bits per heavy atom. The maximum atomic E-state index is 6.12. The van der Waals surface area contributed by atoms with Crippen molar-refractivity contribution in [1.29, 1.82) is 0 Å². The molecule has 1 saturated heterocycles. The van der Waals surface area contributed by atoms with E-state index < -0.39 is 5.79 Å². The fourth-order valence-electron chi connectivity index (χ4n) is 3.09. The number of hydrogen-bond acceptors (Lipinski definition) is 3. The Hall–Kier alpha value is -0.120. The van der Waals surface area contributed by atoms with Gasteiger partial charge in [-0.3, -0.25) is 0 Å². The first kappa shape index (κ1) is 10.1. The Morgan fingerprint density at radius 1 is 1.27 bits per heavy atom. The first-order chi connectivity index (χ1) is 7.18. The van der Waals surface area contributed by atoms with Crippen molar-refractivity contribution in [3.63, 3.8) is 0 Å². The zero-order valence-electron chi connectivity index (χ0n) is 9.62. The SMILES string of the molecule is CCC1CC12OOC1(CCCC(C)C1)O2. The predicted octanol–water partition coefficient (Wildman–Crippen LogP) is 3.00. The first-order valence-electron chi connectivity index (χ1n) is 6.25.